The van der Waals surface area contributed by atoms with Crippen LogP contribution in [0.25, 0.3) is 11.1 Å². The summed E-state index contributed by atoms with van der Waals surface area (Å²) in [5.41, 5.74) is 4.45. The Balaban J connectivity index is 1.99. The average molecular weight is 363 g/mol. The van der Waals surface area contributed by atoms with Gasteiger partial charge in [0, 0.05) is 33.8 Å². The first kappa shape index (κ1) is 18.5. The Morgan fingerprint density at radius 1 is 1.07 bits per heavy atom. The molecule has 2 aromatic carbocycles. The van der Waals surface area contributed by atoms with Crippen molar-refractivity contribution in [2.75, 3.05) is 18.5 Å². The van der Waals surface area contributed by atoms with E-state index in [1.165, 1.54) is 6.33 Å². The van der Waals surface area contributed by atoms with E-state index in [9.17, 15) is 4.79 Å². The summed E-state index contributed by atoms with van der Waals surface area (Å²) in [6.45, 7) is 3.88. The molecular weight excluding hydrogens is 342 g/mol. The maximum atomic E-state index is 12.5. The SMILES string of the molecule is Cc1ncnc(C)c1-c1cc(NC(=O)c2ccccc2)ccc1OCCO. The number of aliphatic hydroxyl groups is 1. The van der Waals surface area contributed by atoms with E-state index in [2.05, 4.69) is 15.3 Å². The van der Waals surface area contributed by atoms with Crippen molar-refractivity contribution in [3.8, 4) is 16.9 Å². The smallest absolute Gasteiger partial charge is 0.255 e. The van der Waals surface area contributed by atoms with Crippen LogP contribution in [-0.2, 0) is 0 Å². The van der Waals surface area contributed by atoms with Crippen LogP contribution < -0.4 is 10.1 Å². The Bertz CT molecular complexity index is 922. The molecule has 0 aliphatic rings. The number of rotatable bonds is 6. The van der Waals surface area contributed by atoms with Gasteiger partial charge in [-0.2, -0.15) is 0 Å². The molecule has 27 heavy (non-hydrogen) atoms. The molecule has 0 spiro atoms. The molecule has 2 N–H and O–H groups in total. The van der Waals surface area contributed by atoms with Crippen LogP contribution in [-0.4, -0.2) is 34.2 Å². The summed E-state index contributed by atoms with van der Waals surface area (Å²) < 4.78 is 5.68. The van der Waals surface area contributed by atoms with Gasteiger partial charge in [-0.15, -0.1) is 0 Å². The Morgan fingerprint density at radius 2 is 1.78 bits per heavy atom. The molecule has 0 aliphatic heterocycles. The first-order valence-electron chi connectivity index (χ1n) is 8.63. The van der Waals surface area contributed by atoms with E-state index in [-0.39, 0.29) is 19.1 Å². The highest BCUT2D eigenvalue weighted by molar-refractivity contribution is 6.04. The number of aryl methyl sites for hydroxylation is 2. The summed E-state index contributed by atoms with van der Waals surface area (Å²) >= 11 is 0. The third kappa shape index (κ3) is 4.30. The Kier molecular flexibility index (Phi) is 5.78. The number of carbonyl (C=O) groups excluding carboxylic acids is 1. The minimum absolute atomic E-state index is 0.0881. The van der Waals surface area contributed by atoms with E-state index in [4.69, 9.17) is 9.84 Å². The molecule has 3 aromatic rings. The molecule has 0 aliphatic carbocycles. The van der Waals surface area contributed by atoms with Gasteiger partial charge in [-0.05, 0) is 44.2 Å². The molecule has 1 aromatic heterocycles. The second-order valence-corrected chi connectivity index (χ2v) is 6.02. The van der Waals surface area contributed by atoms with Crippen molar-refractivity contribution < 1.29 is 14.6 Å². The van der Waals surface area contributed by atoms with Crippen molar-refractivity contribution in [2.24, 2.45) is 0 Å². The standard InChI is InChI=1S/C21H21N3O3/c1-14-20(15(2)23-13-22-14)18-12-17(8-9-19(18)27-11-10-25)24-21(26)16-6-4-3-5-7-16/h3-9,12-13,25H,10-11H2,1-2H3,(H,24,26). The molecule has 0 atom stereocenters. The highest BCUT2D eigenvalue weighted by atomic mass is 16.5. The molecule has 1 amide bonds. The van der Waals surface area contributed by atoms with E-state index >= 15 is 0 Å². The van der Waals surface area contributed by atoms with Crippen LogP contribution in [0.5, 0.6) is 5.75 Å². The number of hydrogen-bond acceptors (Lipinski definition) is 5. The number of ether oxygens (including phenoxy) is 1. The summed E-state index contributed by atoms with van der Waals surface area (Å²) in [5, 5.41) is 12.0. The Labute approximate surface area is 157 Å². The molecule has 3 rings (SSSR count). The predicted molar refractivity (Wildman–Crippen MR) is 104 cm³/mol. The molecule has 0 fully saturated rings. The highest BCUT2D eigenvalue weighted by Crippen LogP contribution is 2.35. The van der Waals surface area contributed by atoms with Crippen molar-refractivity contribution in [3.05, 3.63) is 71.8 Å². The summed E-state index contributed by atoms with van der Waals surface area (Å²) in [6.07, 6.45) is 1.52. The summed E-state index contributed by atoms with van der Waals surface area (Å²) in [4.78, 5) is 21.0. The van der Waals surface area contributed by atoms with E-state index in [1.54, 1.807) is 24.3 Å². The van der Waals surface area contributed by atoms with Crippen molar-refractivity contribution >= 4 is 11.6 Å². The number of aliphatic hydroxyl groups excluding tert-OH is 1. The first-order valence-corrected chi connectivity index (χ1v) is 8.63. The fourth-order valence-electron chi connectivity index (χ4n) is 2.86. The summed E-state index contributed by atoms with van der Waals surface area (Å²) in [6, 6.07) is 14.4. The lowest BCUT2D eigenvalue weighted by atomic mass is 10.0. The van der Waals surface area contributed by atoms with Crippen molar-refractivity contribution in [3.63, 3.8) is 0 Å². The van der Waals surface area contributed by atoms with Crippen LogP contribution in [0.15, 0.2) is 54.9 Å². The number of anilines is 1. The zero-order chi connectivity index (χ0) is 19.2. The Hall–Kier alpha value is -3.25. The van der Waals surface area contributed by atoms with Gasteiger partial charge in [-0.3, -0.25) is 4.79 Å². The van der Waals surface area contributed by atoms with Crippen LogP contribution >= 0.6 is 0 Å². The summed E-state index contributed by atoms with van der Waals surface area (Å²) in [7, 11) is 0. The largest absolute Gasteiger partial charge is 0.491 e. The number of amides is 1. The number of nitrogens with zero attached hydrogens (tertiary/aromatic N) is 2. The second-order valence-electron chi connectivity index (χ2n) is 6.02. The van der Waals surface area contributed by atoms with E-state index in [1.807, 2.05) is 38.1 Å². The molecule has 0 bridgehead atoms. The average Bonchev–Trinajstić information content (AvgIpc) is 2.68. The maximum Gasteiger partial charge on any atom is 0.255 e. The predicted octanol–water partition coefficient (Wildman–Crippen LogP) is 3.38. The van der Waals surface area contributed by atoms with Gasteiger partial charge in [0.25, 0.3) is 5.91 Å². The third-order valence-electron chi connectivity index (χ3n) is 4.12. The lowest BCUT2D eigenvalue weighted by molar-refractivity contribution is 0.102. The monoisotopic (exact) mass is 363 g/mol. The number of hydrogen-bond donors (Lipinski definition) is 2. The van der Waals surface area contributed by atoms with Gasteiger partial charge >= 0.3 is 0 Å². The van der Waals surface area contributed by atoms with Gasteiger partial charge in [0.2, 0.25) is 0 Å². The molecule has 0 radical (unpaired) electrons. The third-order valence-corrected chi connectivity index (χ3v) is 4.12. The lowest BCUT2D eigenvalue weighted by Crippen LogP contribution is -2.12. The minimum Gasteiger partial charge on any atom is -0.491 e. The number of aromatic nitrogens is 2. The lowest BCUT2D eigenvalue weighted by Gasteiger charge is -2.16. The van der Waals surface area contributed by atoms with Crippen LogP contribution in [0.3, 0.4) is 0 Å². The zero-order valence-electron chi connectivity index (χ0n) is 15.3. The fraction of sp³-hybridized carbons (Fsp3) is 0.190. The number of nitrogens with one attached hydrogen (secondary N) is 1. The van der Waals surface area contributed by atoms with Crippen LogP contribution in [0.2, 0.25) is 0 Å². The quantitative estimate of drug-likeness (QED) is 0.701. The van der Waals surface area contributed by atoms with Gasteiger partial charge < -0.3 is 15.2 Å². The highest BCUT2D eigenvalue weighted by Gasteiger charge is 2.15. The van der Waals surface area contributed by atoms with Crippen LogP contribution in [0.4, 0.5) is 5.69 Å². The van der Waals surface area contributed by atoms with Gasteiger partial charge in [-0.25, -0.2) is 9.97 Å². The summed E-state index contributed by atoms with van der Waals surface area (Å²) in [5.74, 6) is 0.408. The molecule has 6 heteroatoms. The maximum absolute atomic E-state index is 12.5. The fourth-order valence-corrected chi connectivity index (χ4v) is 2.86. The van der Waals surface area contributed by atoms with Crippen molar-refractivity contribution in [1.82, 2.24) is 9.97 Å². The van der Waals surface area contributed by atoms with Crippen molar-refractivity contribution in [2.45, 2.75) is 13.8 Å². The molecule has 138 valence electrons. The molecule has 0 unspecified atom stereocenters. The zero-order valence-corrected chi connectivity index (χ0v) is 15.3. The van der Waals surface area contributed by atoms with Crippen LogP contribution in [0, 0.1) is 13.8 Å². The van der Waals surface area contributed by atoms with Crippen molar-refractivity contribution in [1.29, 1.82) is 0 Å². The van der Waals surface area contributed by atoms with Gasteiger partial charge in [0.05, 0.1) is 6.61 Å². The number of benzene rings is 2. The van der Waals surface area contributed by atoms with Gasteiger partial charge in [-0.1, -0.05) is 18.2 Å². The molecular formula is C21H21N3O3. The number of carbonyl (C=O) groups is 1. The normalized spacial score (nSPS) is 10.5. The van der Waals surface area contributed by atoms with Gasteiger partial charge in [0.15, 0.2) is 0 Å². The van der Waals surface area contributed by atoms with Crippen LogP contribution in [0.1, 0.15) is 21.7 Å². The first-order chi connectivity index (χ1) is 13.1. The van der Waals surface area contributed by atoms with E-state index in [0.717, 1.165) is 22.5 Å². The molecule has 0 saturated heterocycles. The molecule has 6 nitrogen and oxygen atoms in total. The van der Waals surface area contributed by atoms with E-state index < -0.39 is 0 Å². The second kappa shape index (κ2) is 8.42. The van der Waals surface area contributed by atoms with E-state index in [0.29, 0.717) is 17.0 Å². The van der Waals surface area contributed by atoms with Gasteiger partial charge in [0.1, 0.15) is 18.7 Å². The topological polar surface area (TPSA) is 84.3 Å². The molecule has 0 saturated carbocycles. The molecule has 1 heterocycles. The Morgan fingerprint density at radius 3 is 2.44 bits per heavy atom. The minimum atomic E-state index is -0.191.